The van der Waals surface area contributed by atoms with E-state index in [1.165, 1.54) is 42.9 Å². The van der Waals surface area contributed by atoms with E-state index < -0.39 is 17.5 Å². The van der Waals surface area contributed by atoms with Crippen molar-refractivity contribution in [1.29, 1.82) is 0 Å². The summed E-state index contributed by atoms with van der Waals surface area (Å²) in [6.07, 6.45) is 14.2. The maximum Gasteiger partial charge on any atom is 0.258 e. The van der Waals surface area contributed by atoms with Crippen LogP contribution in [0.4, 0.5) is 20.2 Å². The number of amides is 2. The zero-order valence-electron chi connectivity index (χ0n) is 32.1. The molecule has 5 aromatic rings. The number of halogens is 6. The van der Waals surface area contributed by atoms with Crippen molar-refractivity contribution in [2.24, 2.45) is 0 Å². The largest absolute Gasteiger partial charge is 0.493 e. The van der Waals surface area contributed by atoms with Crippen molar-refractivity contribution in [3.8, 4) is 23.0 Å². The summed E-state index contributed by atoms with van der Waals surface area (Å²) in [7, 11) is 3.11. The Morgan fingerprint density at radius 1 is 0.661 bits per heavy atom. The fourth-order valence-corrected chi connectivity index (χ4v) is 7.82. The lowest BCUT2D eigenvalue weighted by molar-refractivity contribution is 0.0982. The highest BCUT2D eigenvalue weighted by Gasteiger charge is 2.26. The highest BCUT2D eigenvalue weighted by molar-refractivity contribution is 6.40. The summed E-state index contributed by atoms with van der Waals surface area (Å²) in [6, 6.07) is 13.4. The predicted molar refractivity (Wildman–Crippen MR) is 225 cm³/mol. The Balaban J connectivity index is 0.000000208. The first-order chi connectivity index (χ1) is 28.4. The highest BCUT2D eigenvalue weighted by Crippen LogP contribution is 2.38. The second-order valence-corrected chi connectivity index (χ2v) is 15.4. The molecule has 16 heteroatoms. The number of carbonyl (C=O) groups excluding carboxylic acids is 2. The average molecular weight is 889 g/mol. The van der Waals surface area contributed by atoms with Gasteiger partial charge in [-0.3, -0.25) is 19.6 Å². The molecule has 10 nitrogen and oxygen atoms in total. The molecular formula is C43H40Cl4F2N4O6. The van der Waals surface area contributed by atoms with Crippen molar-refractivity contribution < 1.29 is 37.3 Å². The van der Waals surface area contributed by atoms with Gasteiger partial charge in [0.25, 0.3) is 11.8 Å². The molecule has 0 spiro atoms. The quantitative estimate of drug-likeness (QED) is 0.132. The smallest absolute Gasteiger partial charge is 0.258 e. The topological polar surface area (TPSA) is 112 Å². The average Bonchev–Trinajstić information content (AvgIpc) is 3.95. The van der Waals surface area contributed by atoms with Crippen LogP contribution in [0.1, 0.15) is 77.6 Å². The van der Waals surface area contributed by atoms with E-state index in [0.29, 0.717) is 45.4 Å². The van der Waals surface area contributed by atoms with Crippen LogP contribution in [-0.4, -0.2) is 48.2 Å². The van der Waals surface area contributed by atoms with Crippen molar-refractivity contribution in [3.63, 3.8) is 0 Å². The molecule has 0 aliphatic heterocycles. The molecule has 0 saturated heterocycles. The van der Waals surface area contributed by atoms with Gasteiger partial charge in [0.15, 0.2) is 34.6 Å². The lowest BCUT2D eigenvalue weighted by atomic mass is 10.1. The molecule has 0 radical (unpaired) electrons. The Morgan fingerprint density at radius 2 is 1.15 bits per heavy atom. The van der Waals surface area contributed by atoms with E-state index in [0.717, 1.165) is 63.5 Å². The van der Waals surface area contributed by atoms with E-state index in [1.807, 2.05) is 0 Å². The number of anilines is 2. The third-order valence-electron chi connectivity index (χ3n) is 9.79. The normalized spacial score (nSPS) is 14.0. The zero-order chi connectivity index (χ0) is 42.1. The van der Waals surface area contributed by atoms with Gasteiger partial charge < -0.3 is 29.2 Å². The summed E-state index contributed by atoms with van der Waals surface area (Å²) in [4.78, 5) is 35.4. The number of nitrogens with one attached hydrogen (secondary N) is 1. The van der Waals surface area contributed by atoms with Crippen LogP contribution < -0.4 is 29.2 Å². The van der Waals surface area contributed by atoms with E-state index in [4.69, 9.17) is 65.4 Å². The minimum absolute atomic E-state index is 0.0571. The number of ether oxygens (including phenoxy) is 4. The van der Waals surface area contributed by atoms with E-state index >= 15 is 0 Å². The molecule has 310 valence electrons. The first kappa shape index (κ1) is 43.7. The minimum atomic E-state index is -1.02. The van der Waals surface area contributed by atoms with Gasteiger partial charge in [-0.1, -0.05) is 52.5 Å². The number of benzene rings is 3. The fraction of sp³-hybridized carbons (Fsp3) is 0.302. The molecule has 2 heterocycles. The first-order valence-electron chi connectivity index (χ1n) is 18.8. The Kier molecular flexibility index (Phi) is 15.1. The molecule has 2 aromatic heterocycles. The van der Waals surface area contributed by atoms with Crippen molar-refractivity contribution in [3.05, 3.63) is 128 Å². The van der Waals surface area contributed by atoms with Gasteiger partial charge in [-0.25, -0.2) is 8.78 Å². The van der Waals surface area contributed by atoms with Gasteiger partial charge in [0.05, 0.1) is 64.4 Å². The molecule has 0 unspecified atom stereocenters. The monoisotopic (exact) mass is 886 g/mol. The summed E-state index contributed by atoms with van der Waals surface area (Å²) in [6.45, 7) is -0.107. The lowest BCUT2D eigenvalue weighted by Crippen LogP contribution is -2.31. The number of aromatic nitrogens is 2. The minimum Gasteiger partial charge on any atom is -0.493 e. The van der Waals surface area contributed by atoms with Crippen molar-refractivity contribution >= 4 is 69.6 Å². The second kappa shape index (κ2) is 20.4. The molecule has 1 N–H and O–H groups in total. The van der Waals surface area contributed by atoms with E-state index in [1.54, 1.807) is 43.5 Å². The highest BCUT2D eigenvalue weighted by atomic mass is 35.5. The van der Waals surface area contributed by atoms with E-state index in [9.17, 15) is 18.4 Å². The molecule has 2 aliphatic carbocycles. The van der Waals surface area contributed by atoms with Crippen LogP contribution in [0, 0.1) is 11.6 Å². The van der Waals surface area contributed by atoms with Crippen LogP contribution in [0.3, 0.4) is 0 Å². The van der Waals surface area contributed by atoms with E-state index in [-0.39, 0.29) is 50.4 Å². The van der Waals surface area contributed by atoms with Crippen LogP contribution in [0.2, 0.25) is 20.1 Å². The Bertz CT molecular complexity index is 2250. The van der Waals surface area contributed by atoms with E-state index in [2.05, 4.69) is 15.3 Å². The van der Waals surface area contributed by atoms with Gasteiger partial charge >= 0.3 is 0 Å². The van der Waals surface area contributed by atoms with Crippen LogP contribution >= 0.6 is 46.4 Å². The van der Waals surface area contributed by atoms with Crippen molar-refractivity contribution in [2.75, 3.05) is 24.4 Å². The maximum absolute atomic E-state index is 13.9. The fourth-order valence-electron chi connectivity index (χ4n) is 6.79. The van der Waals surface area contributed by atoms with Gasteiger partial charge in [0, 0.05) is 35.9 Å². The molecule has 2 saturated carbocycles. The third kappa shape index (κ3) is 11.0. The number of pyridine rings is 2. The predicted octanol–water partition coefficient (Wildman–Crippen LogP) is 11.8. The molecule has 0 bridgehead atoms. The van der Waals surface area contributed by atoms with Crippen molar-refractivity contribution in [2.45, 2.75) is 70.1 Å². The number of methoxy groups -OCH3 is 2. The van der Waals surface area contributed by atoms with Gasteiger partial charge in [-0.15, -0.1) is 0 Å². The number of carbonyl (C=O) groups is 2. The summed E-state index contributed by atoms with van der Waals surface area (Å²) >= 11 is 24.8. The summed E-state index contributed by atoms with van der Waals surface area (Å²) in [5.74, 6) is -0.667. The summed E-state index contributed by atoms with van der Waals surface area (Å²) < 4.78 is 50.2. The lowest BCUT2D eigenvalue weighted by Gasteiger charge is -2.25. The molecule has 59 heavy (non-hydrogen) atoms. The maximum atomic E-state index is 13.9. The standard InChI is InChI=1S/C25H22Cl2F2N2O3.C18H18Cl2N2O3/c1-33-22-9-7-16(11-23(22)34-17-4-2-3-5-17)25(32)31(24-18(26)12-30-13-19(24)27)14-15-6-8-20(28)21(29)10-15;1-24-15-7-6-11(8-16(15)25-12-4-2-3-5-12)18(23)22-17-13(19)9-21-10-14(17)20/h6-13,17H,2-5,14H2,1H3;6-10,12H,2-5H2,1H3,(H,21,22,23). The van der Waals surface area contributed by atoms with Crippen molar-refractivity contribution in [1.82, 2.24) is 9.97 Å². The van der Waals surface area contributed by atoms with Gasteiger partial charge in [0.1, 0.15) is 0 Å². The Morgan fingerprint density at radius 3 is 1.66 bits per heavy atom. The van der Waals surface area contributed by atoms with Crippen LogP contribution in [0.5, 0.6) is 23.0 Å². The van der Waals surface area contributed by atoms with Crippen LogP contribution in [-0.2, 0) is 6.54 Å². The zero-order valence-corrected chi connectivity index (χ0v) is 35.1. The summed E-state index contributed by atoms with van der Waals surface area (Å²) in [5, 5.41) is 3.54. The number of hydrogen-bond donors (Lipinski definition) is 1. The second-order valence-electron chi connectivity index (χ2n) is 13.8. The number of hydrogen-bond acceptors (Lipinski definition) is 8. The summed E-state index contributed by atoms with van der Waals surface area (Å²) in [5.41, 5.74) is 1.62. The molecule has 7 rings (SSSR count). The van der Waals surface area contributed by atoms with Gasteiger partial charge in [-0.05, 0) is 105 Å². The van der Waals surface area contributed by atoms with Gasteiger partial charge in [0.2, 0.25) is 0 Å². The Labute approximate surface area is 360 Å². The molecular weight excluding hydrogens is 848 g/mol. The Hall–Kier alpha value is -4.88. The molecule has 0 atom stereocenters. The SMILES string of the molecule is COc1ccc(C(=O)N(Cc2ccc(F)c(F)c2)c2c(Cl)cncc2Cl)cc1OC1CCCC1.COc1ccc(C(=O)Nc2c(Cl)cncc2Cl)cc1OC1CCCC1. The first-order valence-corrected chi connectivity index (χ1v) is 20.3. The molecule has 3 aromatic carbocycles. The van der Waals surface area contributed by atoms with Crippen LogP contribution in [0.25, 0.3) is 0 Å². The molecule has 2 fully saturated rings. The van der Waals surface area contributed by atoms with Crippen LogP contribution in [0.15, 0.2) is 79.4 Å². The molecule has 2 aliphatic rings. The number of nitrogens with zero attached hydrogens (tertiary/aromatic N) is 3. The number of rotatable bonds is 12. The molecule has 2 amide bonds. The van der Waals surface area contributed by atoms with Gasteiger partial charge in [-0.2, -0.15) is 0 Å². The third-order valence-corrected chi connectivity index (χ3v) is 10.9.